The number of benzene rings is 1. The Morgan fingerprint density at radius 2 is 2.19 bits per heavy atom. The van der Waals surface area contributed by atoms with Gasteiger partial charge in [-0.1, -0.05) is 24.3 Å². The third kappa shape index (κ3) is 1.36. The lowest BCUT2D eigenvalue weighted by Gasteiger charge is -2.43. The summed E-state index contributed by atoms with van der Waals surface area (Å²) < 4.78 is 8.20. The summed E-state index contributed by atoms with van der Waals surface area (Å²) in [6, 6.07) is 8.64. The molecule has 0 bridgehead atoms. The van der Waals surface area contributed by atoms with Gasteiger partial charge in [0.15, 0.2) is 0 Å². The number of fused-ring (bicyclic) bond motifs is 3. The Bertz CT molecular complexity index is 459. The quantitative estimate of drug-likeness (QED) is 0.652. The summed E-state index contributed by atoms with van der Waals surface area (Å²) in [4.78, 5) is 13.6. The Labute approximate surface area is 97.7 Å². The number of nitrogens with zero attached hydrogens (tertiary/aromatic N) is 1. The van der Waals surface area contributed by atoms with Crippen LogP contribution in [0, 0.1) is 0 Å². The van der Waals surface area contributed by atoms with Crippen molar-refractivity contribution >= 4 is 5.91 Å². The topological polar surface area (TPSA) is 20.3 Å². The molecular formula is C14H17NO. The summed E-state index contributed by atoms with van der Waals surface area (Å²) in [6.07, 6.45) is 2.12. The van der Waals surface area contributed by atoms with E-state index in [1.54, 1.807) is 0 Å². The first-order valence-corrected chi connectivity index (χ1v) is 5.94. The average molecular weight is 216 g/mol. The highest BCUT2D eigenvalue weighted by Gasteiger charge is 2.37. The Kier molecular flexibility index (Phi) is 1.99. The molecule has 1 aliphatic heterocycles. The molecular weight excluding hydrogens is 198 g/mol. The molecule has 3 atom stereocenters. The molecule has 2 heteroatoms. The second-order valence-electron chi connectivity index (χ2n) is 4.78. The van der Waals surface area contributed by atoms with Crippen LogP contribution in [-0.2, 0) is 11.2 Å². The lowest BCUT2D eigenvalue weighted by molar-refractivity contribution is -0.135. The molecule has 1 aliphatic carbocycles. The van der Waals surface area contributed by atoms with Gasteiger partial charge >= 0.3 is 0 Å². The predicted molar refractivity (Wildman–Crippen MR) is 63.3 cm³/mol. The van der Waals surface area contributed by atoms with Crippen molar-refractivity contribution in [3.63, 3.8) is 0 Å². The maximum absolute atomic E-state index is 11.8. The van der Waals surface area contributed by atoms with E-state index < -0.39 is 0 Å². The summed E-state index contributed by atoms with van der Waals surface area (Å²) in [7, 11) is 1.89. The Balaban J connectivity index is 2.04. The molecule has 2 aliphatic rings. The fraction of sp³-hybridized carbons (Fsp3) is 0.500. The van der Waals surface area contributed by atoms with Crippen LogP contribution in [0.3, 0.4) is 0 Å². The summed E-state index contributed by atoms with van der Waals surface area (Å²) in [5, 5.41) is 0. The van der Waals surface area contributed by atoms with Crippen LogP contribution >= 0.6 is 0 Å². The van der Waals surface area contributed by atoms with E-state index in [1.807, 2.05) is 18.0 Å². The van der Waals surface area contributed by atoms with Gasteiger partial charge in [0.1, 0.15) is 0 Å². The van der Waals surface area contributed by atoms with Crippen molar-refractivity contribution in [2.75, 3.05) is 7.05 Å². The molecule has 84 valence electrons. The molecule has 0 radical (unpaired) electrons. The first-order valence-electron chi connectivity index (χ1n) is 6.52. The number of hydrogen-bond acceptors (Lipinski definition) is 1. The van der Waals surface area contributed by atoms with E-state index in [4.69, 9.17) is 1.37 Å². The van der Waals surface area contributed by atoms with Crippen LogP contribution < -0.4 is 0 Å². The molecule has 3 rings (SSSR count). The number of amides is 1. The van der Waals surface area contributed by atoms with Gasteiger partial charge in [-0.25, -0.2) is 0 Å². The minimum Gasteiger partial charge on any atom is -0.342 e. The number of rotatable bonds is 0. The van der Waals surface area contributed by atoms with Crippen molar-refractivity contribution in [2.24, 2.45) is 0 Å². The zero-order valence-corrected chi connectivity index (χ0v) is 9.52. The first-order chi connectivity index (χ1) is 8.18. The molecule has 1 aromatic rings. The SMILES string of the molecule is [2H]C1CC(=O)N(C)C2CCc3ccccc3C12. The van der Waals surface area contributed by atoms with Gasteiger partial charge in [0.2, 0.25) is 5.91 Å². The predicted octanol–water partition coefficient (Wildman–Crippen LogP) is 2.34. The first kappa shape index (κ1) is 8.80. The van der Waals surface area contributed by atoms with Crippen LogP contribution in [0.5, 0.6) is 0 Å². The van der Waals surface area contributed by atoms with Gasteiger partial charge < -0.3 is 4.90 Å². The van der Waals surface area contributed by atoms with Crippen molar-refractivity contribution < 1.29 is 6.17 Å². The standard InChI is InChI=1S/C14H17NO/c1-15-13-8-6-10-4-2-3-5-11(10)12(13)7-9-14(15)16/h2-5,12-13H,6-9H2,1H3/i7D. The molecule has 2 nitrogen and oxygen atoms in total. The third-order valence-electron chi connectivity index (χ3n) is 3.98. The number of likely N-dealkylation sites (tertiary alicyclic amines) is 1. The van der Waals surface area contributed by atoms with Gasteiger partial charge in [-0.05, 0) is 30.4 Å². The van der Waals surface area contributed by atoms with Crippen LogP contribution in [0.15, 0.2) is 24.3 Å². The van der Waals surface area contributed by atoms with Crippen molar-refractivity contribution in [1.29, 1.82) is 0 Å². The third-order valence-corrected chi connectivity index (χ3v) is 3.98. The van der Waals surface area contributed by atoms with Crippen molar-refractivity contribution in [3.05, 3.63) is 35.4 Å². The Morgan fingerprint density at radius 1 is 1.38 bits per heavy atom. The summed E-state index contributed by atoms with van der Waals surface area (Å²) in [6.45, 7) is 0. The smallest absolute Gasteiger partial charge is 0.222 e. The van der Waals surface area contributed by atoms with Crippen LogP contribution in [0.1, 0.15) is 37.7 Å². The highest BCUT2D eigenvalue weighted by atomic mass is 16.2. The van der Waals surface area contributed by atoms with E-state index in [0.29, 0.717) is 6.42 Å². The van der Waals surface area contributed by atoms with Crippen LogP contribution in [0.4, 0.5) is 0 Å². The van der Waals surface area contributed by atoms with E-state index in [9.17, 15) is 4.79 Å². The van der Waals surface area contributed by atoms with E-state index in [-0.39, 0.29) is 24.3 Å². The number of carbonyl (C=O) groups is 1. The molecule has 3 unspecified atom stereocenters. The van der Waals surface area contributed by atoms with Crippen molar-refractivity contribution in [3.8, 4) is 0 Å². The summed E-state index contributed by atoms with van der Waals surface area (Å²) in [5.74, 6) is 0.341. The second kappa shape index (κ2) is 3.62. The maximum atomic E-state index is 11.8. The number of piperidine rings is 1. The number of aryl methyl sites for hydroxylation is 1. The van der Waals surface area contributed by atoms with Crippen LogP contribution in [-0.4, -0.2) is 23.9 Å². The molecule has 0 spiro atoms. The molecule has 1 heterocycles. The Hall–Kier alpha value is -1.31. The van der Waals surface area contributed by atoms with E-state index in [1.165, 1.54) is 11.1 Å². The molecule has 16 heavy (non-hydrogen) atoms. The van der Waals surface area contributed by atoms with Crippen LogP contribution in [0.25, 0.3) is 0 Å². The fourth-order valence-corrected chi connectivity index (χ4v) is 3.05. The van der Waals surface area contributed by atoms with Crippen molar-refractivity contribution in [1.82, 2.24) is 4.90 Å². The molecule has 1 aromatic carbocycles. The number of likely N-dealkylation sites (N-methyl/N-ethyl adjacent to an activating group) is 1. The summed E-state index contributed by atoms with van der Waals surface area (Å²) in [5.41, 5.74) is 2.66. The normalized spacial score (nSPS) is 34.1. The van der Waals surface area contributed by atoms with E-state index in [0.717, 1.165) is 12.8 Å². The minimum absolute atomic E-state index is 0.130. The van der Waals surface area contributed by atoms with Gasteiger partial charge in [-0.15, -0.1) is 0 Å². The monoisotopic (exact) mass is 216 g/mol. The van der Waals surface area contributed by atoms with Crippen molar-refractivity contribution in [2.45, 2.75) is 37.6 Å². The molecule has 1 fully saturated rings. The van der Waals surface area contributed by atoms with Crippen LogP contribution in [0.2, 0.25) is 0 Å². The molecule has 1 amide bonds. The lowest BCUT2D eigenvalue weighted by atomic mass is 9.74. The maximum Gasteiger partial charge on any atom is 0.222 e. The van der Waals surface area contributed by atoms with Gasteiger partial charge in [-0.3, -0.25) is 4.79 Å². The van der Waals surface area contributed by atoms with Gasteiger partial charge in [0.25, 0.3) is 0 Å². The highest BCUT2D eigenvalue weighted by Crippen LogP contribution is 2.40. The highest BCUT2D eigenvalue weighted by molar-refractivity contribution is 5.77. The summed E-state index contributed by atoms with van der Waals surface area (Å²) >= 11 is 0. The zero-order chi connectivity index (χ0) is 12.0. The molecule has 0 aromatic heterocycles. The lowest BCUT2D eigenvalue weighted by Crippen LogP contribution is -2.47. The van der Waals surface area contributed by atoms with E-state index in [2.05, 4.69) is 18.2 Å². The van der Waals surface area contributed by atoms with Gasteiger partial charge in [0, 0.05) is 26.8 Å². The average Bonchev–Trinajstić information content (AvgIpc) is 2.35. The van der Waals surface area contributed by atoms with E-state index >= 15 is 0 Å². The molecule has 0 N–H and O–H groups in total. The largest absolute Gasteiger partial charge is 0.342 e. The Morgan fingerprint density at radius 3 is 3.06 bits per heavy atom. The number of hydrogen-bond donors (Lipinski definition) is 0. The van der Waals surface area contributed by atoms with Gasteiger partial charge in [0.05, 0.1) is 0 Å². The zero-order valence-electron chi connectivity index (χ0n) is 10.5. The molecule has 1 saturated heterocycles. The van der Waals surface area contributed by atoms with Gasteiger partial charge in [-0.2, -0.15) is 0 Å². The minimum atomic E-state index is -0.273. The molecule has 0 saturated carbocycles. The second-order valence-corrected chi connectivity index (χ2v) is 4.78. The fourth-order valence-electron chi connectivity index (χ4n) is 3.05. The number of carbonyl (C=O) groups excluding carboxylic acids is 1.